The second-order valence-electron chi connectivity index (χ2n) is 5.87. The average molecular weight is 380 g/mol. The molecule has 2 N–H and O–H groups in total. The van der Waals surface area contributed by atoms with Crippen molar-refractivity contribution in [3.63, 3.8) is 0 Å². The Kier molecular flexibility index (Phi) is 7.28. The topological polar surface area (TPSA) is 102 Å². The molecule has 0 bridgehead atoms. The molecule has 0 radical (unpaired) electrons. The smallest absolute Gasteiger partial charge is 0.262 e. The van der Waals surface area contributed by atoms with Gasteiger partial charge in [0.15, 0.2) is 0 Å². The standard InChI is InChI=1S/C17H24N4O4S/c1-4-6-18-12(22)9-21-10-20-16-13(17(21)24)11(2)14(26-16)15(23)19-7-5-8-25-3/h10H,4-9H2,1-3H3,(H,18,22)(H,19,23). The number of carbonyl (C=O) groups is 2. The second-order valence-corrected chi connectivity index (χ2v) is 6.87. The number of amides is 2. The van der Waals surface area contributed by atoms with Gasteiger partial charge in [0.2, 0.25) is 5.91 Å². The fraction of sp³-hybridized carbons (Fsp3) is 0.529. The monoisotopic (exact) mass is 380 g/mol. The molecular weight excluding hydrogens is 356 g/mol. The summed E-state index contributed by atoms with van der Waals surface area (Å²) in [5.41, 5.74) is 0.281. The van der Waals surface area contributed by atoms with E-state index in [2.05, 4.69) is 15.6 Å². The molecule has 2 aromatic heterocycles. The normalized spacial score (nSPS) is 10.9. The molecule has 0 aliphatic rings. The van der Waals surface area contributed by atoms with Crippen LogP contribution in [0, 0.1) is 6.92 Å². The lowest BCUT2D eigenvalue weighted by Gasteiger charge is -2.06. The lowest BCUT2D eigenvalue weighted by Crippen LogP contribution is -2.32. The summed E-state index contributed by atoms with van der Waals surface area (Å²) in [4.78, 5) is 42.1. The van der Waals surface area contributed by atoms with Crippen molar-refractivity contribution in [3.8, 4) is 0 Å². The zero-order valence-electron chi connectivity index (χ0n) is 15.3. The van der Waals surface area contributed by atoms with Crippen molar-refractivity contribution in [2.75, 3.05) is 26.8 Å². The Labute approximate surface area is 155 Å². The van der Waals surface area contributed by atoms with Gasteiger partial charge in [0, 0.05) is 26.8 Å². The molecule has 0 aliphatic carbocycles. The van der Waals surface area contributed by atoms with Gasteiger partial charge >= 0.3 is 0 Å². The van der Waals surface area contributed by atoms with Crippen LogP contribution in [0.25, 0.3) is 10.2 Å². The van der Waals surface area contributed by atoms with Crippen LogP contribution in [0.3, 0.4) is 0 Å². The Balaban J connectivity index is 2.22. The maximum atomic E-state index is 12.7. The number of rotatable bonds is 9. The summed E-state index contributed by atoms with van der Waals surface area (Å²) >= 11 is 1.18. The van der Waals surface area contributed by atoms with Crippen LogP contribution >= 0.6 is 11.3 Å². The van der Waals surface area contributed by atoms with Crippen LogP contribution in [-0.2, 0) is 16.1 Å². The van der Waals surface area contributed by atoms with E-state index >= 15 is 0 Å². The zero-order chi connectivity index (χ0) is 19.1. The fourth-order valence-electron chi connectivity index (χ4n) is 2.46. The lowest BCUT2D eigenvalue weighted by molar-refractivity contribution is -0.121. The van der Waals surface area contributed by atoms with Gasteiger partial charge in [-0.2, -0.15) is 0 Å². The summed E-state index contributed by atoms with van der Waals surface area (Å²) in [6, 6.07) is 0. The van der Waals surface area contributed by atoms with Gasteiger partial charge in [0.25, 0.3) is 11.5 Å². The van der Waals surface area contributed by atoms with E-state index in [1.165, 1.54) is 22.2 Å². The van der Waals surface area contributed by atoms with Crippen molar-refractivity contribution in [1.29, 1.82) is 0 Å². The van der Waals surface area contributed by atoms with Crippen molar-refractivity contribution in [3.05, 3.63) is 27.1 Å². The summed E-state index contributed by atoms with van der Waals surface area (Å²) in [5.74, 6) is -0.465. The number of thiophene rings is 1. The van der Waals surface area contributed by atoms with Gasteiger partial charge in [0.05, 0.1) is 16.6 Å². The molecule has 2 amide bonds. The van der Waals surface area contributed by atoms with Gasteiger partial charge in [-0.3, -0.25) is 19.0 Å². The van der Waals surface area contributed by atoms with Gasteiger partial charge in [-0.15, -0.1) is 11.3 Å². The maximum absolute atomic E-state index is 12.7. The number of nitrogens with one attached hydrogen (secondary N) is 2. The first kappa shape index (κ1) is 20.1. The van der Waals surface area contributed by atoms with Crippen LogP contribution in [0.1, 0.15) is 35.0 Å². The summed E-state index contributed by atoms with van der Waals surface area (Å²) in [6.07, 6.45) is 2.89. The highest BCUT2D eigenvalue weighted by atomic mass is 32.1. The summed E-state index contributed by atoms with van der Waals surface area (Å²) in [7, 11) is 1.61. The number of aryl methyl sites for hydroxylation is 1. The highest BCUT2D eigenvalue weighted by Gasteiger charge is 2.19. The molecule has 0 aliphatic heterocycles. The highest BCUT2D eigenvalue weighted by molar-refractivity contribution is 7.20. The third kappa shape index (κ3) is 4.67. The van der Waals surface area contributed by atoms with E-state index in [1.54, 1.807) is 14.0 Å². The molecule has 9 heteroatoms. The first-order chi connectivity index (χ1) is 12.5. The molecule has 142 valence electrons. The number of hydrogen-bond donors (Lipinski definition) is 2. The number of hydrogen-bond acceptors (Lipinski definition) is 6. The Morgan fingerprint density at radius 2 is 2.08 bits per heavy atom. The third-order valence-corrected chi connectivity index (χ3v) is 5.02. The van der Waals surface area contributed by atoms with Gasteiger partial charge in [-0.1, -0.05) is 6.92 Å². The van der Waals surface area contributed by atoms with E-state index in [1.807, 2.05) is 6.92 Å². The molecule has 0 atom stereocenters. The molecule has 8 nitrogen and oxygen atoms in total. The highest BCUT2D eigenvalue weighted by Crippen LogP contribution is 2.26. The van der Waals surface area contributed by atoms with Crippen LogP contribution in [-0.4, -0.2) is 48.2 Å². The first-order valence-corrected chi connectivity index (χ1v) is 9.33. The molecule has 26 heavy (non-hydrogen) atoms. The molecule has 2 heterocycles. The van der Waals surface area contributed by atoms with Crippen molar-refractivity contribution in [1.82, 2.24) is 20.2 Å². The van der Waals surface area contributed by atoms with E-state index in [4.69, 9.17) is 4.74 Å². The molecule has 0 saturated carbocycles. The number of carbonyl (C=O) groups excluding carboxylic acids is 2. The van der Waals surface area contributed by atoms with Crippen LogP contribution in [0.5, 0.6) is 0 Å². The number of aromatic nitrogens is 2. The Morgan fingerprint density at radius 1 is 1.31 bits per heavy atom. The first-order valence-electron chi connectivity index (χ1n) is 8.52. The number of nitrogens with zero attached hydrogens (tertiary/aromatic N) is 2. The van der Waals surface area contributed by atoms with Gasteiger partial charge in [-0.25, -0.2) is 4.98 Å². The van der Waals surface area contributed by atoms with Crippen molar-refractivity contribution >= 4 is 33.4 Å². The minimum Gasteiger partial charge on any atom is -0.385 e. The molecule has 2 aromatic rings. The predicted molar refractivity (Wildman–Crippen MR) is 101 cm³/mol. The molecule has 0 unspecified atom stereocenters. The van der Waals surface area contributed by atoms with Crippen molar-refractivity contribution in [2.45, 2.75) is 33.2 Å². The fourth-order valence-corrected chi connectivity index (χ4v) is 3.52. The number of methoxy groups -OCH3 is 1. The number of ether oxygens (including phenoxy) is 1. The zero-order valence-corrected chi connectivity index (χ0v) is 16.1. The molecule has 0 aromatic carbocycles. The minimum absolute atomic E-state index is 0.0877. The van der Waals surface area contributed by atoms with Gasteiger partial charge in [-0.05, 0) is 25.3 Å². The Morgan fingerprint density at radius 3 is 2.77 bits per heavy atom. The largest absolute Gasteiger partial charge is 0.385 e. The molecule has 0 saturated heterocycles. The van der Waals surface area contributed by atoms with Gasteiger partial charge < -0.3 is 15.4 Å². The Hall–Kier alpha value is -2.26. The maximum Gasteiger partial charge on any atom is 0.262 e. The SMILES string of the molecule is CCCNC(=O)Cn1cnc2sc(C(=O)NCCCOC)c(C)c2c1=O. The third-order valence-electron chi connectivity index (χ3n) is 3.82. The van der Waals surface area contributed by atoms with E-state index in [0.717, 1.165) is 6.42 Å². The summed E-state index contributed by atoms with van der Waals surface area (Å²) in [6.45, 7) is 5.22. The summed E-state index contributed by atoms with van der Waals surface area (Å²) in [5, 5.41) is 5.94. The van der Waals surface area contributed by atoms with Crippen LogP contribution in [0.15, 0.2) is 11.1 Å². The van der Waals surface area contributed by atoms with E-state index in [-0.39, 0.29) is 23.9 Å². The van der Waals surface area contributed by atoms with Crippen LogP contribution in [0.2, 0.25) is 0 Å². The molecule has 0 spiro atoms. The van der Waals surface area contributed by atoms with Crippen molar-refractivity contribution in [2.24, 2.45) is 0 Å². The average Bonchev–Trinajstić information content (AvgIpc) is 2.96. The minimum atomic E-state index is -0.311. The predicted octanol–water partition coefficient (Wildman–Crippen LogP) is 1.06. The quantitative estimate of drug-likeness (QED) is 0.633. The summed E-state index contributed by atoms with van der Waals surface area (Å²) < 4.78 is 6.22. The second kappa shape index (κ2) is 9.44. The van der Waals surface area contributed by atoms with Crippen LogP contribution in [0.4, 0.5) is 0 Å². The number of fused-ring (bicyclic) bond motifs is 1. The Bertz CT molecular complexity index is 843. The molecular formula is C17H24N4O4S. The molecule has 2 rings (SSSR count). The van der Waals surface area contributed by atoms with E-state index < -0.39 is 0 Å². The van der Waals surface area contributed by atoms with Gasteiger partial charge in [0.1, 0.15) is 11.4 Å². The lowest BCUT2D eigenvalue weighted by atomic mass is 10.2. The van der Waals surface area contributed by atoms with Crippen LogP contribution < -0.4 is 16.2 Å². The molecule has 0 fully saturated rings. The van der Waals surface area contributed by atoms with E-state index in [0.29, 0.717) is 46.8 Å². The van der Waals surface area contributed by atoms with E-state index in [9.17, 15) is 14.4 Å². The van der Waals surface area contributed by atoms with Crippen molar-refractivity contribution < 1.29 is 14.3 Å².